The van der Waals surface area contributed by atoms with Crippen molar-refractivity contribution in [2.24, 2.45) is 0 Å². The van der Waals surface area contributed by atoms with Gasteiger partial charge in [0.05, 0.1) is 5.56 Å². The Balaban J connectivity index is 3.30. The normalized spacial score (nSPS) is 13.3. The van der Waals surface area contributed by atoms with Crippen molar-refractivity contribution in [3.8, 4) is 0 Å². The smallest absolute Gasteiger partial charge is 0.369 e. The highest BCUT2D eigenvalue weighted by Gasteiger charge is 2.35. The molecule has 1 atom stereocenters. The second kappa shape index (κ2) is 6.97. The summed E-state index contributed by atoms with van der Waals surface area (Å²) < 4.78 is 39.9. The van der Waals surface area contributed by atoms with Crippen LogP contribution in [0.4, 0.5) is 18.9 Å². The van der Waals surface area contributed by atoms with Gasteiger partial charge in [-0.25, -0.2) is 0 Å². The van der Waals surface area contributed by atoms with Crippen molar-refractivity contribution in [2.45, 2.75) is 46.0 Å². The van der Waals surface area contributed by atoms with Crippen LogP contribution in [0.5, 0.6) is 0 Å². The maximum absolute atomic E-state index is 13.3. The van der Waals surface area contributed by atoms with Crippen LogP contribution in [-0.4, -0.2) is 19.6 Å². The largest absolute Gasteiger partial charge is 0.418 e. The molecule has 1 N–H and O–H groups in total. The molecule has 0 fully saturated rings. The van der Waals surface area contributed by atoms with E-state index in [1.54, 1.807) is 19.2 Å². The molecule has 0 aliphatic carbocycles. The lowest BCUT2D eigenvalue weighted by molar-refractivity contribution is -0.137. The Morgan fingerprint density at radius 3 is 2.35 bits per heavy atom. The van der Waals surface area contributed by atoms with Gasteiger partial charge in [-0.05, 0) is 45.0 Å². The Morgan fingerprint density at radius 2 is 1.90 bits per heavy atom. The fraction of sp³-hybridized carbons (Fsp3) is 0.600. The molecule has 0 saturated carbocycles. The van der Waals surface area contributed by atoms with Gasteiger partial charge in [-0.3, -0.25) is 0 Å². The molecule has 0 bridgehead atoms. The molecule has 0 amide bonds. The molecule has 2 nitrogen and oxygen atoms in total. The van der Waals surface area contributed by atoms with E-state index in [2.05, 4.69) is 5.32 Å². The van der Waals surface area contributed by atoms with Gasteiger partial charge in [-0.2, -0.15) is 13.2 Å². The molecule has 1 rings (SSSR count). The number of rotatable bonds is 6. The zero-order chi connectivity index (χ0) is 15.3. The van der Waals surface area contributed by atoms with Gasteiger partial charge in [-0.1, -0.05) is 13.0 Å². The summed E-state index contributed by atoms with van der Waals surface area (Å²) in [6.07, 6.45) is -3.52. The van der Waals surface area contributed by atoms with E-state index >= 15 is 0 Å². The minimum absolute atomic E-state index is 0.0799. The monoisotopic (exact) mass is 288 g/mol. The molecular weight excluding hydrogens is 265 g/mol. The lowest BCUT2D eigenvalue weighted by Crippen LogP contribution is -2.34. The van der Waals surface area contributed by atoms with Crippen molar-refractivity contribution < 1.29 is 13.2 Å². The van der Waals surface area contributed by atoms with Gasteiger partial charge >= 0.3 is 6.18 Å². The van der Waals surface area contributed by atoms with Gasteiger partial charge < -0.3 is 10.2 Å². The average Bonchev–Trinajstić information content (AvgIpc) is 2.39. The van der Waals surface area contributed by atoms with E-state index in [1.807, 2.05) is 25.7 Å². The number of hydrogen-bond acceptors (Lipinski definition) is 2. The quantitative estimate of drug-likeness (QED) is 0.849. The molecular formula is C15H23F3N2. The van der Waals surface area contributed by atoms with E-state index in [-0.39, 0.29) is 11.7 Å². The molecule has 5 heteroatoms. The third-order valence-electron chi connectivity index (χ3n) is 3.52. The minimum Gasteiger partial charge on any atom is -0.369 e. The van der Waals surface area contributed by atoms with Crippen molar-refractivity contribution in [1.29, 1.82) is 0 Å². The van der Waals surface area contributed by atoms with Crippen molar-refractivity contribution in [3.05, 3.63) is 29.3 Å². The molecule has 1 aromatic rings. The van der Waals surface area contributed by atoms with Crippen LogP contribution >= 0.6 is 0 Å². The molecule has 0 spiro atoms. The highest BCUT2D eigenvalue weighted by Crippen LogP contribution is 2.38. The standard InChI is InChI=1S/C15H23F3N2/c1-5-11(3)20(6-2)14-8-7-12(10-19-4)9-13(14)15(16,17)18/h7-9,11,19H,5-6,10H2,1-4H3. The van der Waals surface area contributed by atoms with Crippen molar-refractivity contribution >= 4 is 5.69 Å². The first-order valence-corrected chi connectivity index (χ1v) is 6.96. The summed E-state index contributed by atoms with van der Waals surface area (Å²) in [6, 6.07) is 4.67. The van der Waals surface area contributed by atoms with Crippen LogP contribution in [0.15, 0.2) is 18.2 Å². The molecule has 0 saturated heterocycles. The van der Waals surface area contributed by atoms with Crippen LogP contribution < -0.4 is 10.2 Å². The third kappa shape index (κ3) is 3.88. The van der Waals surface area contributed by atoms with E-state index in [0.29, 0.717) is 18.7 Å². The molecule has 0 radical (unpaired) electrons. The molecule has 114 valence electrons. The maximum atomic E-state index is 13.3. The number of hydrogen-bond donors (Lipinski definition) is 1. The Bertz CT molecular complexity index is 430. The molecule has 0 aromatic heterocycles. The van der Waals surface area contributed by atoms with E-state index < -0.39 is 11.7 Å². The summed E-state index contributed by atoms with van der Waals surface area (Å²) in [5.74, 6) is 0. The predicted octanol–water partition coefficient (Wildman–Crippen LogP) is 4.05. The second-order valence-electron chi connectivity index (χ2n) is 4.92. The molecule has 0 aliphatic rings. The fourth-order valence-electron chi connectivity index (χ4n) is 2.31. The zero-order valence-electron chi connectivity index (χ0n) is 12.5. The number of nitrogens with one attached hydrogen (secondary N) is 1. The van der Waals surface area contributed by atoms with Crippen LogP contribution in [0.2, 0.25) is 0 Å². The van der Waals surface area contributed by atoms with Crippen LogP contribution in [0.25, 0.3) is 0 Å². The van der Waals surface area contributed by atoms with Gasteiger partial charge in [0.2, 0.25) is 0 Å². The van der Waals surface area contributed by atoms with Gasteiger partial charge in [0, 0.05) is 24.8 Å². The number of benzene rings is 1. The average molecular weight is 288 g/mol. The molecule has 0 aliphatic heterocycles. The van der Waals surface area contributed by atoms with Crippen LogP contribution in [0.1, 0.15) is 38.3 Å². The topological polar surface area (TPSA) is 15.3 Å². The number of halogens is 3. The summed E-state index contributed by atoms with van der Waals surface area (Å²) in [5, 5.41) is 2.88. The number of nitrogens with zero attached hydrogens (tertiary/aromatic N) is 1. The summed E-state index contributed by atoms with van der Waals surface area (Å²) in [6.45, 7) is 6.80. The molecule has 1 aromatic carbocycles. The van der Waals surface area contributed by atoms with E-state index in [1.165, 1.54) is 6.07 Å². The van der Waals surface area contributed by atoms with Crippen LogP contribution in [0.3, 0.4) is 0 Å². The Morgan fingerprint density at radius 1 is 1.25 bits per heavy atom. The lowest BCUT2D eigenvalue weighted by Gasteiger charge is -2.32. The highest BCUT2D eigenvalue weighted by atomic mass is 19.4. The maximum Gasteiger partial charge on any atom is 0.418 e. The van der Waals surface area contributed by atoms with Crippen molar-refractivity contribution in [1.82, 2.24) is 5.32 Å². The minimum atomic E-state index is -4.33. The van der Waals surface area contributed by atoms with E-state index in [4.69, 9.17) is 0 Å². The first-order valence-electron chi connectivity index (χ1n) is 6.96. The van der Waals surface area contributed by atoms with Crippen LogP contribution in [-0.2, 0) is 12.7 Å². The van der Waals surface area contributed by atoms with Crippen molar-refractivity contribution in [3.63, 3.8) is 0 Å². The Hall–Kier alpha value is -1.23. The summed E-state index contributed by atoms with van der Waals surface area (Å²) in [4.78, 5) is 1.81. The predicted molar refractivity (Wildman–Crippen MR) is 77.0 cm³/mol. The molecule has 1 unspecified atom stereocenters. The third-order valence-corrected chi connectivity index (χ3v) is 3.52. The highest BCUT2D eigenvalue weighted by molar-refractivity contribution is 5.57. The van der Waals surface area contributed by atoms with Gasteiger partial charge in [-0.15, -0.1) is 0 Å². The Labute approximate surface area is 119 Å². The van der Waals surface area contributed by atoms with Gasteiger partial charge in [0.15, 0.2) is 0 Å². The first-order chi connectivity index (χ1) is 9.35. The van der Waals surface area contributed by atoms with Crippen molar-refractivity contribution in [2.75, 3.05) is 18.5 Å². The Kier molecular flexibility index (Phi) is 5.87. The summed E-state index contributed by atoms with van der Waals surface area (Å²) in [5.41, 5.74) is 0.366. The molecule has 0 heterocycles. The van der Waals surface area contributed by atoms with Crippen LogP contribution in [0, 0.1) is 0 Å². The van der Waals surface area contributed by atoms with E-state index in [9.17, 15) is 13.2 Å². The fourth-order valence-corrected chi connectivity index (χ4v) is 2.31. The zero-order valence-corrected chi connectivity index (χ0v) is 12.5. The number of alkyl halides is 3. The van der Waals surface area contributed by atoms with Gasteiger partial charge in [0.1, 0.15) is 0 Å². The summed E-state index contributed by atoms with van der Waals surface area (Å²) in [7, 11) is 1.72. The lowest BCUT2D eigenvalue weighted by atomic mass is 10.0. The van der Waals surface area contributed by atoms with E-state index in [0.717, 1.165) is 6.42 Å². The summed E-state index contributed by atoms with van der Waals surface area (Å²) >= 11 is 0. The van der Waals surface area contributed by atoms with Gasteiger partial charge in [0.25, 0.3) is 0 Å². The molecule has 20 heavy (non-hydrogen) atoms. The first kappa shape index (κ1) is 16.8. The number of anilines is 1. The second-order valence-corrected chi connectivity index (χ2v) is 4.92. The SMILES string of the molecule is CCC(C)N(CC)c1ccc(CNC)cc1C(F)(F)F.